The van der Waals surface area contributed by atoms with E-state index in [1.807, 2.05) is 42.5 Å². The summed E-state index contributed by atoms with van der Waals surface area (Å²) in [5.74, 6) is 1.70. The van der Waals surface area contributed by atoms with E-state index >= 15 is 0 Å². The molecular formula is C22H22FNO3. The van der Waals surface area contributed by atoms with Gasteiger partial charge in [-0.3, -0.25) is 0 Å². The third-order valence-corrected chi connectivity index (χ3v) is 4.14. The average molecular weight is 367 g/mol. The summed E-state index contributed by atoms with van der Waals surface area (Å²) in [6.45, 7) is 0.765. The molecule has 0 saturated carbocycles. The van der Waals surface area contributed by atoms with Crippen molar-refractivity contribution in [2.24, 2.45) is 0 Å². The molecule has 0 aliphatic rings. The predicted molar refractivity (Wildman–Crippen MR) is 104 cm³/mol. The van der Waals surface area contributed by atoms with Crippen LogP contribution in [0.15, 0.2) is 66.7 Å². The van der Waals surface area contributed by atoms with Gasteiger partial charge in [0, 0.05) is 23.9 Å². The van der Waals surface area contributed by atoms with E-state index in [1.165, 1.54) is 6.07 Å². The van der Waals surface area contributed by atoms with Crippen LogP contribution < -0.4 is 19.5 Å². The van der Waals surface area contributed by atoms with Gasteiger partial charge in [0.05, 0.1) is 14.2 Å². The van der Waals surface area contributed by atoms with Crippen molar-refractivity contribution in [2.45, 2.75) is 13.2 Å². The summed E-state index contributed by atoms with van der Waals surface area (Å²) >= 11 is 0. The molecule has 0 aliphatic carbocycles. The molecule has 3 aromatic rings. The number of hydrogen-bond donors (Lipinski definition) is 1. The standard InChI is InChI=1S/C22H22FNO3/c1-25-19-8-5-7-18(13-19)24-14-16-10-11-21(22(12-16)26-2)27-15-17-6-3-4-9-20(17)23/h3-13,24H,14-15H2,1-2H3. The van der Waals surface area contributed by atoms with Gasteiger partial charge in [-0.25, -0.2) is 4.39 Å². The largest absolute Gasteiger partial charge is 0.497 e. The number of methoxy groups -OCH3 is 2. The lowest BCUT2D eigenvalue weighted by atomic mass is 10.2. The van der Waals surface area contributed by atoms with E-state index in [2.05, 4.69) is 5.32 Å². The fraction of sp³-hybridized carbons (Fsp3) is 0.182. The third-order valence-electron chi connectivity index (χ3n) is 4.14. The van der Waals surface area contributed by atoms with Crippen LogP contribution in [0, 0.1) is 5.82 Å². The minimum absolute atomic E-state index is 0.143. The maximum absolute atomic E-state index is 13.7. The Morgan fingerprint density at radius 2 is 1.70 bits per heavy atom. The summed E-state index contributed by atoms with van der Waals surface area (Å²) in [4.78, 5) is 0. The van der Waals surface area contributed by atoms with E-state index in [0.29, 0.717) is 23.6 Å². The lowest BCUT2D eigenvalue weighted by Gasteiger charge is -2.13. The molecule has 0 saturated heterocycles. The van der Waals surface area contributed by atoms with Crippen molar-refractivity contribution in [2.75, 3.05) is 19.5 Å². The molecule has 4 nitrogen and oxygen atoms in total. The Morgan fingerprint density at radius 1 is 0.852 bits per heavy atom. The molecule has 5 heteroatoms. The van der Waals surface area contributed by atoms with Crippen molar-refractivity contribution in [1.29, 1.82) is 0 Å². The molecule has 0 aromatic heterocycles. The Morgan fingerprint density at radius 3 is 2.48 bits per heavy atom. The first-order chi connectivity index (χ1) is 13.2. The number of benzene rings is 3. The van der Waals surface area contributed by atoms with E-state index in [-0.39, 0.29) is 12.4 Å². The van der Waals surface area contributed by atoms with E-state index < -0.39 is 0 Å². The van der Waals surface area contributed by atoms with Gasteiger partial charge in [-0.1, -0.05) is 30.3 Å². The Kier molecular flexibility index (Phi) is 6.15. The minimum Gasteiger partial charge on any atom is -0.497 e. The molecule has 0 atom stereocenters. The normalized spacial score (nSPS) is 10.3. The molecule has 0 fully saturated rings. The topological polar surface area (TPSA) is 39.7 Å². The van der Waals surface area contributed by atoms with Crippen LogP contribution in [-0.4, -0.2) is 14.2 Å². The third kappa shape index (κ3) is 4.91. The van der Waals surface area contributed by atoms with E-state index in [4.69, 9.17) is 14.2 Å². The molecule has 0 amide bonds. The van der Waals surface area contributed by atoms with Crippen LogP contribution in [0.1, 0.15) is 11.1 Å². The highest BCUT2D eigenvalue weighted by Crippen LogP contribution is 2.29. The van der Waals surface area contributed by atoms with Crippen molar-refractivity contribution in [3.05, 3.63) is 83.7 Å². The smallest absolute Gasteiger partial charge is 0.161 e. The summed E-state index contributed by atoms with van der Waals surface area (Å²) in [6.07, 6.45) is 0. The van der Waals surface area contributed by atoms with E-state index in [9.17, 15) is 4.39 Å². The van der Waals surface area contributed by atoms with E-state index in [1.54, 1.807) is 32.4 Å². The Bertz CT molecular complexity index is 898. The summed E-state index contributed by atoms with van der Waals surface area (Å²) < 4.78 is 30.1. The van der Waals surface area contributed by atoms with Gasteiger partial charge in [0.15, 0.2) is 11.5 Å². The SMILES string of the molecule is COc1cccc(NCc2ccc(OCc3ccccc3F)c(OC)c2)c1. The highest BCUT2D eigenvalue weighted by molar-refractivity contribution is 5.49. The van der Waals surface area contributed by atoms with Crippen LogP contribution in [0.4, 0.5) is 10.1 Å². The minimum atomic E-state index is -0.282. The quantitative estimate of drug-likeness (QED) is 0.606. The number of hydrogen-bond acceptors (Lipinski definition) is 4. The summed E-state index contributed by atoms with van der Waals surface area (Å²) in [6, 6.07) is 20.0. The molecule has 3 rings (SSSR count). The van der Waals surface area contributed by atoms with Gasteiger partial charge in [-0.05, 0) is 35.9 Å². The molecule has 0 radical (unpaired) electrons. The second kappa shape index (κ2) is 8.94. The Hall–Kier alpha value is -3.21. The second-order valence-corrected chi connectivity index (χ2v) is 5.95. The fourth-order valence-corrected chi connectivity index (χ4v) is 2.65. The number of rotatable bonds is 8. The van der Waals surface area contributed by atoms with Gasteiger partial charge in [-0.15, -0.1) is 0 Å². The number of ether oxygens (including phenoxy) is 3. The predicted octanol–water partition coefficient (Wildman–Crippen LogP) is 5.03. The van der Waals surface area contributed by atoms with Crippen molar-refractivity contribution < 1.29 is 18.6 Å². The molecule has 3 aromatic carbocycles. The monoisotopic (exact) mass is 367 g/mol. The van der Waals surface area contributed by atoms with Crippen molar-refractivity contribution in [1.82, 2.24) is 0 Å². The maximum atomic E-state index is 13.7. The number of anilines is 1. The first-order valence-corrected chi connectivity index (χ1v) is 8.60. The first kappa shape index (κ1) is 18.6. The van der Waals surface area contributed by atoms with Gasteiger partial charge in [0.25, 0.3) is 0 Å². The van der Waals surface area contributed by atoms with Crippen LogP contribution in [0.2, 0.25) is 0 Å². The molecule has 0 aliphatic heterocycles. The highest BCUT2D eigenvalue weighted by atomic mass is 19.1. The Labute approximate surface area is 158 Å². The highest BCUT2D eigenvalue weighted by Gasteiger charge is 2.08. The summed E-state index contributed by atoms with van der Waals surface area (Å²) in [5, 5.41) is 3.35. The van der Waals surface area contributed by atoms with Crippen LogP contribution >= 0.6 is 0 Å². The molecule has 0 heterocycles. The maximum Gasteiger partial charge on any atom is 0.161 e. The second-order valence-electron chi connectivity index (χ2n) is 5.95. The number of halogens is 1. The molecule has 140 valence electrons. The van der Waals surface area contributed by atoms with Gasteiger partial charge in [0.2, 0.25) is 0 Å². The van der Waals surface area contributed by atoms with Crippen molar-refractivity contribution in [3.8, 4) is 17.2 Å². The fourth-order valence-electron chi connectivity index (χ4n) is 2.65. The van der Waals surface area contributed by atoms with Crippen molar-refractivity contribution >= 4 is 5.69 Å². The molecule has 1 N–H and O–H groups in total. The zero-order chi connectivity index (χ0) is 19.1. The summed E-state index contributed by atoms with van der Waals surface area (Å²) in [7, 11) is 3.23. The summed E-state index contributed by atoms with van der Waals surface area (Å²) in [5.41, 5.74) is 2.50. The zero-order valence-electron chi connectivity index (χ0n) is 15.4. The van der Waals surface area contributed by atoms with Crippen LogP contribution in [0.3, 0.4) is 0 Å². The molecule has 0 spiro atoms. The molecule has 0 unspecified atom stereocenters. The lowest BCUT2D eigenvalue weighted by Crippen LogP contribution is -2.02. The average Bonchev–Trinajstić information content (AvgIpc) is 2.72. The van der Waals surface area contributed by atoms with Crippen LogP contribution in [0.25, 0.3) is 0 Å². The van der Waals surface area contributed by atoms with Gasteiger partial charge >= 0.3 is 0 Å². The van der Waals surface area contributed by atoms with Crippen LogP contribution in [0.5, 0.6) is 17.2 Å². The lowest BCUT2D eigenvalue weighted by molar-refractivity contribution is 0.279. The zero-order valence-corrected chi connectivity index (χ0v) is 15.4. The first-order valence-electron chi connectivity index (χ1n) is 8.60. The van der Waals surface area contributed by atoms with E-state index in [0.717, 1.165) is 17.0 Å². The van der Waals surface area contributed by atoms with Gasteiger partial charge < -0.3 is 19.5 Å². The van der Waals surface area contributed by atoms with Crippen molar-refractivity contribution in [3.63, 3.8) is 0 Å². The molecular weight excluding hydrogens is 345 g/mol. The molecule has 0 bridgehead atoms. The van der Waals surface area contributed by atoms with Gasteiger partial charge in [0.1, 0.15) is 18.2 Å². The van der Waals surface area contributed by atoms with Gasteiger partial charge in [-0.2, -0.15) is 0 Å². The Balaban J connectivity index is 1.65. The number of nitrogens with one attached hydrogen (secondary N) is 1. The van der Waals surface area contributed by atoms with Crippen LogP contribution in [-0.2, 0) is 13.2 Å². The molecule has 27 heavy (non-hydrogen) atoms.